The van der Waals surface area contributed by atoms with Gasteiger partial charge < -0.3 is 30.1 Å². The van der Waals surface area contributed by atoms with Crippen LogP contribution in [0.15, 0.2) is 24.4 Å². The van der Waals surface area contributed by atoms with Crippen molar-refractivity contribution in [2.45, 2.75) is 25.4 Å². The zero-order valence-electron chi connectivity index (χ0n) is 20.0. The molecular weight excluding hydrogens is 472 g/mol. The van der Waals surface area contributed by atoms with Crippen LogP contribution in [0.25, 0.3) is 0 Å². The molecule has 1 aromatic heterocycles. The highest BCUT2D eigenvalue weighted by Crippen LogP contribution is 2.27. The number of methoxy groups -OCH3 is 1. The van der Waals surface area contributed by atoms with Gasteiger partial charge in [0.15, 0.2) is 0 Å². The fourth-order valence-corrected chi connectivity index (χ4v) is 4.63. The van der Waals surface area contributed by atoms with Crippen LogP contribution in [0.4, 0.5) is 11.8 Å². The number of amides is 1. The first-order valence-electron chi connectivity index (χ1n) is 12.0. The van der Waals surface area contributed by atoms with E-state index in [4.69, 9.17) is 26.1 Å². The Bertz CT molecular complexity index is 1000. The van der Waals surface area contributed by atoms with Crippen LogP contribution in [0.5, 0.6) is 5.75 Å². The van der Waals surface area contributed by atoms with E-state index >= 15 is 0 Å². The summed E-state index contributed by atoms with van der Waals surface area (Å²) in [5.74, 6) is 1.31. The SMILES string of the molecule is COc1ccc(CNc2nc(N3CCC[C@H]3CO)ncc2C(=O)NCCN2CCOCC2)cc1Cl. The Balaban J connectivity index is 1.49. The number of hydrogen-bond acceptors (Lipinski definition) is 9. The third-order valence-corrected chi connectivity index (χ3v) is 6.65. The van der Waals surface area contributed by atoms with Gasteiger partial charge in [-0.15, -0.1) is 0 Å². The molecule has 2 saturated heterocycles. The summed E-state index contributed by atoms with van der Waals surface area (Å²) in [6.45, 7) is 5.68. The third kappa shape index (κ3) is 6.52. The molecule has 1 atom stereocenters. The monoisotopic (exact) mass is 504 g/mol. The fourth-order valence-electron chi connectivity index (χ4n) is 4.35. The van der Waals surface area contributed by atoms with E-state index in [9.17, 15) is 9.90 Å². The summed E-state index contributed by atoms with van der Waals surface area (Å²) >= 11 is 6.27. The van der Waals surface area contributed by atoms with Crippen LogP contribution in [-0.2, 0) is 11.3 Å². The van der Waals surface area contributed by atoms with Crippen molar-refractivity contribution in [3.05, 3.63) is 40.5 Å². The highest BCUT2D eigenvalue weighted by molar-refractivity contribution is 6.32. The minimum Gasteiger partial charge on any atom is -0.495 e. The van der Waals surface area contributed by atoms with Gasteiger partial charge in [0, 0.05) is 45.5 Å². The first-order valence-corrected chi connectivity index (χ1v) is 12.4. The van der Waals surface area contributed by atoms with Crippen molar-refractivity contribution in [2.75, 3.05) is 69.9 Å². The molecule has 0 aliphatic carbocycles. The average molecular weight is 505 g/mol. The second kappa shape index (κ2) is 12.3. The van der Waals surface area contributed by atoms with Gasteiger partial charge in [-0.05, 0) is 30.5 Å². The topological polar surface area (TPSA) is 112 Å². The molecule has 2 aliphatic rings. The molecule has 10 nitrogen and oxygen atoms in total. The molecule has 4 rings (SSSR count). The molecule has 0 bridgehead atoms. The Kier molecular flexibility index (Phi) is 8.97. The van der Waals surface area contributed by atoms with Gasteiger partial charge in [0.05, 0.1) is 38.0 Å². The maximum Gasteiger partial charge on any atom is 0.256 e. The molecule has 2 aromatic rings. The molecule has 1 aromatic carbocycles. The van der Waals surface area contributed by atoms with Crippen molar-refractivity contribution in [1.29, 1.82) is 0 Å². The second-order valence-corrected chi connectivity index (χ2v) is 9.04. The normalized spacial score (nSPS) is 18.5. The number of morpholine rings is 1. The highest BCUT2D eigenvalue weighted by Gasteiger charge is 2.27. The van der Waals surface area contributed by atoms with Gasteiger partial charge in [0.2, 0.25) is 5.95 Å². The Morgan fingerprint density at radius 1 is 1.31 bits per heavy atom. The predicted molar refractivity (Wildman–Crippen MR) is 134 cm³/mol. The Morgan fingerprint density at radius 2 is 2.14 bits per heavy atom. The molecule has 3 heterocycles. The first kappa shape index (κ1) is 25.4. The van der Waals surface area contributed by atoms with Crippen LogP contribution in [0, 0.1) is 0 Å². The summed E-state index contributed by atoms with van der Waals surface area (Å²) in [5.41, 5.74) is 1.29. The molecule has 3 N–H and O–H groups in total. The van der Waals surface area contributed by atoms with E-state index in [0.717, 1.165) is 57.8 Å². The molecule has 0 saturated carbocycles. The van der Waals surface area contributed by atoms with Gasteiger partial charge >= 0.3 is 0 Å². The zero-order chi connectivity index (χ0) is 24.6. The smallest absolute Gasteiger partial charge is 0.256 e. The largest absolute Gasteiger partial charge is 0.495 e. The van der Waals surface area contributed by atoms with Crippen molar-refractivity contribution in [1.82, 2.24) is 20.2 Å². The van der Waals surface area contributed by atoms with E-state index in [-0.39, 0.29) is 18.6 Å². The van der Waals surface area contributed by atoms with Crippen molar-refractivity contribution in [2.24, 2.45) is 0 Å². The lowest BCUT2D eigenvalue weighted by Gasteiger charge is -2.26. The highest BCUT2D eigenvalue weighted by atomic mass is 35.5. The predicted octanol–water partition coefficient (Wildman–Crippen LogP) is 1.77. The number of aliphatic hydroxyl groups is 1. The number of benzene rings is 1. The zero-order valence-corrected chi connectivity index (χ0v) is 20.8. The molecule has 0 spiro atoms. The maximum absolute atomic E-state index is 13.0. The van der Waals surface area contributed by atoms with Gasteiger partial charge in [-0.25, -0.2) is 4.98 Å². The average Bonchev–Trinajstić information content (AvgIpc) is 3.37. The number of aromatic nitrogens is 2. The number of nitrogens with one attached hydrogen (secondary N) is 2. The molecule has 0 radical (unpaired) electrons. The molecule has 35 heavy (non-hydrogen) atoms. The molecule has 0 unspecified atom stereocenters. The van der Waals surface area contributed by atoms with E-state index in [2.05, 4.69) is 20.5 Å². The van der Waals surface area contributed by atoms with Crippen LogP contribution in [0.3, 0.4) is 0 Å². The van der Waals surface area contributed by atoms with Crippen molar-refractivity contribution < 1.29 is 19.4 Å². The molecule has 190 valence electrons. The second-order valence-electron chi connectivity index (χ2n) is 8.64. The van der Waals surface area contributed by atoms with Gasteiger partial charge in [0.1, 0.15) is 17.1 Å². The summed E-state index contributed by atoms with van der Waals surface area (Å²) in [6, 6.07) is 5.51. The van der Waals surface area contributed by atoms with Crippen LogP contribution >= 0.6 is 11.6 Å². The van der Waals surface area contributed by atoms with E-state index in [1.165, 1.54) is 0 Å². The molecule has 2 fully saturated rings. The number of nitrogens with zero attached hydrogens (tertiary/aromatic N) is 4. The maximum atomic E-state index is 13.0. The molecule has 1 amide bonds. The van der Waals surface area contributed by atoms with Crippen molar-refractivity contribution in [3.63, 3.8) is 0 Å². The lowest BCUT2D eigenvalue weighted by atomic mass is 10.2. The van der Waals surface area contributed by atoms with Crippen LogP contribution in [0.2, 0.25) is 5.02 Å². The first-order chi connectivity index (χ1) is 17.1. The van der Waals surface area contributed by atoms with Crippen molar-refractivity contribution in [3.8, 4) is 5.75 Å². The van der Waals surface area contributed by atoms with Gasteiger partial charge in [-0.3, -0.25) is 9.69 Å². The summed E-state index contributed by atoms with van der Waals surface area (Å²) < 4.78 is 10.6. The Morgan fingerprint density at radius 3 is 2.89 bits per heavy atom. The molecule has 2 aliphatic heterocycles. The summed E-state index contributed by atoms with van der Waals surface area (Å²) in [5, 5.41) is 16.5. The van der Waals surface area contributed by atoms with Gasteiger partial charge in [0.25, 0.3) is 5.91 Å². The summed E-state index contributed by atoms with van der Waals surface area (Å²) in [7, 11) is 1.57. The van der Waals surface area contributed by atoms with Crippen LogP contribution in [-0.4, -0.2) is 91.6 Å². The van der Waals surface area contributed by atoms with E-state index in [1.54, 1.807) is 19.4 Å². The number of anilines is 2. The number of hydrogen-bond donors (Lipinski definition) is 3. The number of rotatable bonds is 10. The van der Waals surface area contributed by atoms with Crippen molar-refractivity contribution >= 4 is 29.3 Å². The van der Waals surface area contributed by atoms with E-state index < -0.39 is 0 Å². The molecular formula is C24H33ClN6O4. The quantitative estimate of drug-likeness (QED) is 0.445. The minimum atomic E-state index is -0.236. The summed E-state index contributed by atoms with van der Waals surface area (Å²) in [6.07, 6.45) is 3.41. The van der Waals surface area contributed by atoms with E-state index in [1.807, 2.05) is 17.0 Å². The number of carbonyl (C=O) groups excluding carboxylic acids is 1. The fraction of sp³-hybridized carbons (Fsp3) is 0.542. The number of carbonyl (C=O) groups is 1. The lowest BCUT2D eigenvalue weighted by Crippen LogP contribution is -2.41. The minimum absolute atomic E-state index is 0.0172. The van der Waals surface area contributed by atoms with Gasteiger partial charge in [-0.2, -0.15) is 4.98 Å². The molecule has 11 heteroatoms. The van der Waals surface area contributed by atoms with Crippen LogP contribution in [0.1, 0.15) is 28.8 Å². The number of aliphatic hydroxyl groups excluding tert-OH is 1. The Labute approximate surface area is 210 Å². The van der Waals surface area contributed by atoms with Gasteiger partial charge in [-0.1, -0.05) is 17.7 Å². The number of halogens is 1. The standard InChI is InChI=1S/C24H33ClN6O4/c1-34-21-5-4-17(13-20(21)25)14-27-22-19(23(33)26-6-8-30-9-11-35-12-10-30)15-28-24(29-22)31-7-2-3-18(31)16-32/h4-5,13,15,18,32H,2-3,6-12,14,16H2,1H3,(H,26,33)(H,27,28,29)/t18-/m0/s1. The Hall–Kier alpha value is -2.66. The summed E-state index contributed by atoms with van der Waals surface area (Å²) in [4.78, 5) is 26.5. The number of ether oxygens (including phenoxy) is 2. The van der Waals surface area contributed by atoms with E-state index in [0.29, 0.717) is 41.2 Å². The lowest BCUT2D eigenvalue weighted by molar-refractivity contribution is 0.0383. The third-order valence-electron chi connectivity index (χ3n) is 6.36. The van der Waals surface area contributed by atoms with Crippen LogP contribution < -0.4 is 20.3 Å².